The Bertz CT molecular complexity index is 1010. The molecule has 0 saturated carbocycles. The molecule has 3 aromatic rings. The van der Waals surface area contributed by atoms with Crippen LogP contribution in [0.3, 0.4) is 0 Å². The number of hydrogen-bond donors (Lipinski definition) is 2. The van der Waals surface area contributed by atoms with Gasteiger partial charge in [-0.2, -0.15) is 0 Å². The number of aromatic nitrogens is 1. The second-order valence-corrected chi connectivity index (χ2v) is 7.06. The van der Waals surface area contributed by atoms with Gasteiger partial charge in [0.15, 0.2) is 0 Å². The Morgan fingerprint density at radius 1 is 1.00 bits per heavy atom. The first-order valence-electron chi connectivity index (χ1n) is 9.63. The summed E-state index contributed by atoms with van der Waals surface area (Å²) in [4.78, 5) is 19.7. The maximum absolute atomic E-state index is 12.2. The highest BCUT2D eigenvalue weighted by Crippen LogP contribution is 2.34. The molecular weight excluding hydrogens is 370 g/mol. The van der Waals surface area contributed by atoms with Crippen molar-refractivity contribution >= 4 is 22.6 Å². The summed E-state index contributed by atoms with van der Waals surface area (Å²) in [5.41, 5.74) is 2.62. The second-order valence-electron chi connectivity index (χ2n) is 7.06. The first-order valence-corrected chi connectivity index (χ1v) is 9.63. The number of anilines is 1. The molecule has 0 aliphatic carbocycles. The third-order valence-corrected chi connectivity index (χ3v) is 5.56. The molecule has 152 valence electrons. The average molecular weight is 395 g/mol. The number of nitrogens with one attached hydrogen (secondary N) is 1. The number of para-hydroxylation sites is 3. The van der Waals surface area contributed by atoms with E-state index in [4.69, 9.17) is 9.47 Å². The molecule has 1 aromatic heterocycles. The minimum Gasteiger partial charge on any atom is -0.495 e. The van der Waals surface area contributed by atoms with E-state index < -0.39 is 12.0 Å². The molecule has 0 bridgehead atoms. The molecule has 2 N–H and O–H groups in total. The van der Waals surface area contributed by atoms with E-state index in [0.717, 1.165) is 41.0 Å². The number of carboxylic acid groups (broad SMARTS) is 1. The molecule has 29 heavy (non-hydrogen) atoms. The normalized spacial score (nSPS) is 16.0. The lowest BCUT2D eigenvalue weighted by molar-refractivity contribution is -0.143. The fourth-order valence-electron chi connectivity index (χ4n) is 4.14. The summed E-state index contributed by atoms with van der Waals surface area (Å²) in [6, 6.07) is 12.9. The van der Waals surface area contributed by atoms with Crippen LogP contribution in [-0.2, 0) is 4.79 Å². The lowest BCUT2D eigenvalue weighted by atomic mass is 10.0. The van der Waals surface area contributed by atoms with Crippen molar-refractivity contribution in [2.45, 2.75) is 6.04 Å². The van der Waals surface area contributed by atoms with E-state index in [2.05, 4.69) is 9.88 Å². The van der Waals surface area contributed by atoms with Crippen molar-refractivity contribution in [3.05, 3.63) is 54.2 Å². The maximum atomic E-state index is 12.2. The maximum Gasteiger partial charge on any atom is 0.325 e. The zero-order valence-electron chi connectivity index (χ0n) is 16.6. The van der Waals surface area contributed by atoms with E-state index in [0.29, 0.717) is 18.8 Å². The molecule has 1 aliphatic heterocycles. The molecule has 1 aliphatic rings. The number of benzene rings is 2. The van der Waals surface area contributed by atoms with E-state index in [1.807, 2.05) is 47.4 Å². The van der Waals surface area contributed by atoms with Gasteiger partial charge < -0.3 is 24.5 Å². The lowest BCUT2D eigenvalue weighted by Gasteiger charge is -2.39. The molecule has 1 fully saturated rings. The van der Waals surface area contributed by atoms with Gasteiger partial charge in [-0.1, -0.05) is 24.3 Å². The molecule has 1 atom stereocenters. The molecule has 7 nitrogen and oxygen atoms in total. The van der Waals surface area contributed by atoms with Crippen molar-refractivity contribution in [3.8, 4) is 11.5 Å². The van der Waals surface area contributed by atoms with Crippen LogP contribution in [0.5, 0.6) is 11.5 Å². The second kappa shape index (κ2) is 8.05. The summed E-state index contributed by atoms with van der Waals surface area (Å²) in [6.45, 7) is 2.75. The van der Waals surface area contributed by atoms with Crippen molar-refractivity contribution in [1.29, 1.82) is 0 Å². The van der Waals surface area contributed by atoms with Crippen LogP contribution in [0.15, 0.2) is 48.7 Å². The van der Waals surface area contributed by atoms with Crippen molar-refractivity contribution < 1.29 is 19.4 Å². The van der Waals surface area contributed by atoms with Gasteiger partial charge in [-0.05, 0) is 18.2 Å². The van der Waals surface area contributed by atoms with Crippen molar-refractivity contribution in [2.24, 2.45) is 0 Å². The van der Waals surface area contributed by atoms with Gasteiger partial charge in [-0.3, -0.25) is 9.69 Å². The van der Waals surface area contributed by atoms with Crippen LogP contribution in [-0.4, -0.2) is 61.4 Å². The van der Waals surface area contributed by atoms with E-state index >= 15 is 0 Å². The van der Waals surface area contributed by atoms with Crippen LogP contribution < -0.4 is 14.4 Å². The molecule has 1 saturated heterocycles. The highest BCUT2D eigenvalue weighted by atomic mass is 16.5. The molecule has 0 spiro atoms. The standard InChI is InChI=1S/C22H25N3O4/c1-28-18-8-4-3-7-17(18)24-10-12-25(13-11-24)21(22(26)27)16-14-23-20-15(16)6-5-9-19(20)29-2/h3-9,14,21,23H,10-13H2,1-2H3,(H,26,27). The average Bonchev–Trinajstić information content (AvgIpc) is 3.18. The van der Waals surface area contributed by atoms with Gasteiger partial charge in [0, 0.05) is 43.3 Å². The zero-order valence-corrected chi connectivity index (χ0v) is 16.6. The Morgan fingerprint density at radius 3 is 2.38 bits per heavy atom. The number of H-pyrrole nitrogens is 1. The summed E-state index contributed by atoms with van der Waals surface area (Å²) in [7, 11) is 3.28. The third-order valence-electron chi connectivity index (χ3n) is 5.56. The van der Waals surface area contributed by atoms with E-state index in [1.54, 1.807) is 20.4 Å². The number of ether oxygens (including phenoxy) is 2. The topological polar surface area (TPSA) is 78.0 Å². The van der Waals surface area contributed by atoms with Gasteiger partial charge in [0.25, 0.3) is 0 Å². The van der Waals surface area contributed by atoms with Gasteiger partial charge in [0.2, 0.25) is 0 Å². The Morgan fingerprint density at radius 2 is 1.69 bits per heavy atom. The Labute approximate surface area is 169 Å². The quantitative estimate of drug-likeness (QED) is 0.668. The molecule has 7 heteroatoms. The minimum absolute atomic E-state index is 0.645. The molecule has 4 rings (SSSR count). The van der Waals surface area contributed by atoms with E-state index in [9.17, 15) is 9.90 Å². The number of aliphatic carboxylic acids is 1. The first kappa shape index (κ1) is 19.1. The van der Waals surface area contributed by atoms with Crippen LogP contribution in [0.25, 0.3) is 10.9 Å². The summed E-state index contributed by atoms with van der Waals surface area (Å²) >= 11 is 0. The number of nitrogens with zero attached hydrogens (tertiary/aromatic N) is 2. The van der Waals surface area contributed by atoms with Crippen LogP contribution >= 0.6 is 0 Å². The van der Waals surface area contributed by atoms with Crippen LogP contribution in [0, 0.1) is 0 Å². The Kier molecular flexibility index (Phi) is 5.31. The predicted octanol–water partition coefficient (Wildman–Crippen LogP) is 3.13. The molecular formula is C22H25N3O4. The largest absolute Gasteiger partial charge is 0.495 e. The number of methoxy groups -OCH3 is 2. The molecule has 2 heterocycles. The van der Waals surface area contributed by atoms with Crippen LogP contribution in [0.2, 0.25) is 0 Å². The van der Waals surface area contributed by atoms with Gasteiger partial charge in [0.1, 0.15) is 17.5 Å². The highest BCUT2D eigenvalue weighted by molar-refractivity contribution is 5.92. The minimum atomic E-state index is -0.848. The van der Waals surface area contributed by atoms with Gasteiger partial charge in [0.05, 0.1) is 25.4 Å². The molecule has 0 radical (unpaired) electrons. The summed E-state index contributed by atoms with van der Waals surface area (Å²) in [5, 5.41) is 10.9. The highest BCUT2D eigenvalue weighted by Gasteiger charge is 2.32. The first-order chi connectivity index (χ1) is 14.1. The third kappa shape index (κ3) is 3.49. The van der Waals surface area contributed by atoms with Crippen molar-refractivity contribution in [1.82, 2.24) is 9.88 Å². The van der Waals surface area contributed by atoms with Gasteiger partial charge in [-0.15, -0.1) is 0 Å². The van der Waals surface area contributed by atoms with Crippen LogP contribution in [0.1, 0.15) is 11.6 Å². The molecule has 2 aromatic carbocycles. The summed E-state index contributed by atoms with van der Waals surface area (Å²) < 4.78 is 10.9. The number of fused-ring (bicyclic) bond motifs is 1. The number of carbonyl (C=O) groups is 1. The summed E-state index contributed by atoms with van der Waals surface area (Å²) in [6.07, 6.45) is 1.79. The number of hydrogen-bond acceptors (Lipinski definition) is 5. The Hall–Kier alpha value is -3.19. The van der Waals surface area contributed by atoms with Gasteiger partial charge in [-0.25, -0.2) is 0 Å². The SMILES string of the molecule is COc1ccccc1N1CCN(C(C(=O)O)c2c[nH]c3c(OC)cccc23)CC1. The lowest BCUT2D eigenvalue weighted by Crippen LogP contribution is -2.49. The fraction of sp³-hybridized carbons (Fsp3) is 0.318. The number of piperazine rings is 1. The number of rotatable bonds is 6. The zero-order chi connectivity index (χ0) is 20.4. The molecule has 0 amide bonds. The van der Waals surface area contributed by atoms with E-state index in [-0.39, 0.29) is 0 Å². The monoisotopic (exact) mass is 395 g/mol. The number of aromatic amines is 1. The van der Waals surface area contributed by atoms with Crippen molar-refractivity contribution in [3.63, 3.8) is 0 Å². The summed E-state index contributed by atoms with van der Waals surface area (Å²) in [5.74, 6) is 0.692. The Balaban J connectivity index is 1.58. The fourth-order valence-corrected chi connectivity index (χ4v) is 4.14. The van der Waals surface area contributed by atoms with Crippen molar-refractivity contribution in [2.75, 3.05) is 45.3 Å². The predicted molar refractivity (Wildman–Crippen MR) is 112 cm³/mol. The molecule has 1 unspecified atom stereocenters. The van der Waals surface area contributed by atoms with E-state index in [1.165, 1.54) is 0 Å². The van der Waals surface area contributed by atoms with Crippen LogP contribution in [0.4, 0.5) is 5.69 Å². The van der Waals surface area contributed by atoms with Gasteiger partial charge >= 0.3 is 5.97 Å². The smallest absolute Gasteiger partial charge is 0.325 e. The number of carboxylic acids is 1.